The molecule has 0 N–H and O–H groups in total. The number of halogens is 5. The standard InChI is InChI=1S/C19H15Cl2F3N2O2/c1-26-18(19(22,23)24,13-7-14(20)9-15(21)8-13)10-16(25-26)11-3-5-12(6-4-11)17(27)28-2/h3-9H,10H2,1-2H3. The molecule has 2 aromatic carbocycles. The molecule has 0 aromatic heterocycles. The summed E-state index contributed by atoms with van der Waals surface area (Å²) in [5.41, 5.74) is -1.50. The minimum Gasteiger partial charge on any atom is -0.465 e. The number of ether oxygens (including phenoxy) is 1. The number of carbonyl (C=O) groups excluding carboxylic acids is 1. The predicted molar refractivity (Wildman–Crippen MR) is 101 cm³/mol. The summed E-state index contributed by atoms with van der Waals surface area (Å²) in [5, 5.41) is 5.24. The molecule has 1 aliphatic heterocycles. The van der Waals surface area contributed by atoms with Gasteiger partial charge in [0.1, 0.15) is 0 Å². The molecule has 1 heterocycles. The van der Waals surface area contributed by atoms with Crippen LogP contribution in [0.2, 0.25) is 10.0 Å². The predicted octanol–water partition coefficient (Wildman–Crippen LogP) is 5.28. The van der Waals surface area contributed by atoms with E-state index in [0.717, 1.165) is 5.01 Å². The van der Waals surface area contributed by atoms with Gasteiger partial charge in [-0.3, -0.25) is 5.01 Å². The van der Waals surface area contributed by atoms with Crippen LogP contribution in [0.15, 0.2) is 47.6 Å². The fourth-order valence-electron chi connectivity index (χ4n) is 3.26. The Labute approximate surface area is 169 Å². The minimum atomic E-state index is -4.65. The molecule has 0 spiro atoms. The molecule has 0 amide bonds. The zero-order chi connectivity index (χ0) is 20.7. The largest absolute Gasteiger partial charge is 0.465 e. The Morgan fingerprint density at radius 2 is 1.71 bits per heavy atom. The molecule has 0 aliphatic carbocycles. The fourth-order valence-corrected chi connectivity index (χ4v) is 3.79. The summed E-state index contributed by atoms with van der Waals surface area (Å²) in [6.45, 7) is 0. The van der Waals surface area contributed by atoms with Crippen molar-refractivity contribution in [1.29, 1.82) is 0 Å². The quantitative estimate of drug-likeness (QED) is 0.622. The molecule has 2 aromatic rings. The number of hydrogen-bond donors (Lipinski definition) is 0. The van der Waals surface area contributed by atoms with Crippen molar-refractivity contribution < 1.29 is 22.7 Å². The summed E-state index contributed by atoms with van der Waals surface area (Å²) in [6.07, 6.45) is -5.08. The first-order valence-corrected chi connectivity index (χ1v) is 8.87. The second-order valence-corrected chi connectivity index (χ2v) is 7.21. The van der Waals surface area contributed by atoms with E-state index in [0.29, 0.717) is 11.1 Å². The number of hydrazone groups is 1. The number of alkyl halides is 3. The first kappa shape index (κ1) is 20.5. The van der Waals surface area contributed by atoms with E-state index in [-0.39, 0.29) is 21.3 Å². The molecule has 0 fully saturated rings. The molecule has 3 rings (SSSR count). The Hall–Kier alpha value is -2.25. The molecule has 28 heavy (non-hydrogen) atoms. The average Bonchev–Trinajstić information content (AvgIpc) is 2.99. The first-order chi connectivity index (χ1) is 13.1. The van der Waals surface area contributed by atoms with Gasteiger partial charge in [-0.05, 0) is 41.5 Å². The van der Waals surface area contributed by atoms with Gasteiger partial charge < -0.3 is 4.74 Å². The highest BCUT2D eigenvalue weighted by Gasteiger charge is 2.62. The van der Waals surface area contributed by atoms with Crippen molar-refractivity contribution in [3.63, 3.8) is 0 Å². The summed E-state index contributed by atoms with van der Waals surface area (Å²) in [5.74, 6) is -0.532. The maximum atomic E-state index is 14.3. The van der Waals surface area contributed by atoms with Crippen molar-refractivity contribution >= 4 is 34.9 Å². The van der Waals surface area contributed by atoms with Gasteiger partial charge in [0.15, 0.2) is 5.54 Å². The molecule has 0 saturated heterocycles. The van der Waals surface area contributed by atoms with Crippen LogP contribution in [-0.2, 0) is 10.3 Å². The molecule has 1 aliphatic rings. The van der Waals surface area contributed by atoms with E-state index >= 15 is 0 Å². The number of methoxy groups -OCH3 is 1. The Morgan fingerprint density at radius 3 is 2.21 bits per heavy atom. The van der Waals surface area contributed by atoms with Gasteiger partial charge in [0, 0.05) is 23.5 Å². The second-order valence-electron chi connectivity index (χ2n) is 6.33. The molecular weight excluding hydrogens is 416 g/mol. The van der Waals surface area contributed by atoms with Gasteiger partial charge >= 0.3 is 12.1 Å². The minimum absolute atomic E-state index is 0.0927. The summed E-state index contributed by atoms with van der Waals surface area (Å²) >= 11 is 11.9. The van der Waals surface area contributed by atoms with Crippen LogP contribution < -0.4 is 0 Å². The summed E-state index contributed by atoms with van der Waals surface area (Å²) in [7, 11) is 2.51. The van der Waals surface area contributed by atoms with Gasteiger partial charge in [-0.1, -0.05) is 35.3 Å². The number of esters is 1. The van der Waals surface area contributed by atoms with Crippen molar-refractivity contribution in [2.45, 2.75) is 18.1 Å². The van der Waals surface area contributed by atoms with E-state index in [4.69, 9.17) is 23.2 Å². The third-order valence-electron chi connectivity index (χ3n) is 4.69. The zero-order valence-electron chi connectivity index (χ0n) is 14.8. The van der Waals surface area contributed by atoms with Crippen LogP contribution in [0, 0.1) is 0 Å². The number of carbonyl (C=O) groups is 1. The van der Waals surface area contributed by atoms with Crippen LogP contribution in [0.5, 0.6) is 0 Å². The van der Waals surface area contributed by atoms with Crippen LogP contribution >= 0.6 is 23.2 Å². The highest BCUT2D eigenvalue weighted by atomic mass is 35.5. The van der Waals surface area contributed by atoms with Gasteiger partial charge in [0.05, 0.1) is 18.4 Å². The molecule has 0 radical (unpaired) electrons. The van der Waals surface area contributed by atoms with Crippen LogP contribution in [0.4, 0.5) is 13.2 Å². The topological polar surface area (TPSA) is 41.9 Å². The average molecular weight is 431 g/mol. The van der Waals surface area contributed by atoms with Crippen molar-refractivity contribution in [2.75, 3.05) is 14.2 Å². The molecule has 9 heteroatoms. The van der Waals surface area contributed by atoms with E-state index in [1.807, 2.05) is 0 Å². The maximum Gasteiger partial charge on any atom is 0.417 e. The molecule has 1 unspecified atom stereocenters. The first-order valence-electron chi connectivity index (χ1n) is 8.12. The van der Waals surface area contributed by atoms with Gasteiger partial charge in [-0.2, -0.15) is 18.3 Å². The van der Waals surface area contributed by atoms with Crippen LogP contribution in [0.25, 0.3) is 0 Å². The fraction of sp³-hybridized carbons (Fsp3) is 0.263. The van der Waals surface area contributed by atoms with E-state index in [1.165, 1.54) is 56.6 Å². The van der Waals surface area contributed by atoms with E-state index in [9.17, 15) is 18.0 Å². The number of nitrogens with zero attached hydrogens (tertiary/aromatic N) is 2. The Bertz CT molecular complexity index is 925. The van der Waals surface area contributed by atoms with E-state index in [1.54, 1.807) is 0 Å². The lowest BCUT2D eigenvalue weighted by atomic mass is 9.83. The lowest BCUT2D eigenvalue weighted by molar-refractivity contribution is -0.227. The lowest BCUT2D eigenvalue weighted by Gasteiger charge is -2.37. The smallest absolute Gasteiger partial charge is 0.417 e. The number of rotatable bonds is 3. The van der Waals surface area contributed by atoms with Crippen LogP contribution in [-0.4, -0.2) is 37.0 Å². The van der Waals surface area contributed by atoms with E-state index in [2.05, 4.69) is 9.84 Å². The van der Waals surface area contributed by atoms with Gasteiger partial charge in [-0.25, -0.2) is 4.79 Å². The molecule has 0 saturated carbocycles. The van der Waals surface area contributed by atoms with E-state index < -0.39 is 24.1 Å². The van der Waals surface area contributed by atoms with Gasteiger partial charge in [-0.15, -0.1) is 0 Å². The molecule has 0 bridgehead atoms. The Balaban J connectivity index is 2.03. The molecule has 1 atom stereocenters. The summed E-state index contributed by atoms with van der Waals surface area (Å²) in [6, 6.07) is 9.90. The van der Waals surface area contributed by atoms with Crippen LogP contribution in [0.3, 0.4) is 0 Å². The summed E-state index contributed by atoms with van der Waals surface area (Å²) in [4.78, 5) is 11.5. The number of benzene rings is 2. The van der Waals surface area contributed by atoms with Gasteiger partial charge in [0.2, 0.25) is 0 Å². The normalized spacial score (nSPS) is 19.5. The highest BCUT2D eigenvalue weighted by molar-refractivity contribution is 6.34. The van der Waals surface area contributed by atoms with Crippen LogP contribution in [0.1, 0.15) is 27.9 Å². The summed E-state index contributed by atoms with van der Waals surface area (Å²) < 4.78 is 47.4. The monoisotopic (exact) mass is 430 g/mol. The van der Waals surface area contributed by atoms with Crippen molar-refractivity contribution in [3.8, 4) is 0 Å². The molecular formula is C19H15Cl2F3N2O2. The van der Waals surface area contributed by atoms with Crippen molar-refractivity contribution in [2.24, 2.45) is 5.10 Å². The third kappa shape index (κ3) is 3.44. The Morgan fingerprint density at radius 1 is 1.14 bits per heavy atom. The van der Waals surface area contributed by atoms with Gasteiger partial charge in [0.25, 0.3) is 0 Å². The second kappa shape index (κ2) is 7.29. The Kier molecular flexibility index (Phi) is 5.34. The number of hydrogen-bond acceptors (Lipinski definition) is 4. The molecule has 148 valence electrons. The SMILES string of the molecule is COC(=O)c1ccc(C2=NN(C)C(c3cc(Cl)cc(Cl)c3)(C(F)(F)F)C2)cc1. The highest BCUT2D eigenvalue weighted by Crippen LogP contribution is 2.50. The van der Waals surface area contributed by atoms with Crippen molar-refractivity contribution in [1.82, 2.24) is 5.01 Å². The maximum absolute atomic E-state index is 14.3. The lowest BCUT2D eigenvalue weighted by Crippen LogP contribution is -2.50. The zero-order valence-corrected chi connectivity index (χ0v) is 16.4. The molecule has 4 nitrogen and oxygen atoms in total. The third-order valence-corrected chi connectivity index (χ3v) is 5.13. The van der Waals surface area contributed by atoms with Crippen molar-refractivity contribution in [3.05, 3.63) is 69.2 Å².